The van der Waals surface area contributed by atoms with Crippen LogP contribution in [0.4, 0.5) is 4.39 Å². The Hall–Kier alpha value is -1.58. The number of hydrogen-bond donors (Lipinski definition) is 2. The molecule has 88 valence electrons. The van der Waals surface area contributed by atoms with Gasteiger partial charge in [0.05, 0.1) is 5.56 Å². The van der Waals surface area contributed by atoms with Crippen molar-refractivity contribution in [1.82, 2.24) is 5.32 Å². The Morgan fingerprint density at radius 3 is 2.81 bits per heavy atom. The number of phenolic OH excluding ortho intramolecular Hbond substituents is 1. The quantitative estimate of drug-likeness (QED) is 0.826. The van der Waals surface area contributed by atoms with E-state index in [1.807, 2.05) is 13.8 Å². The van der Waals surface area contributed by atoms with Gasteiger partial charge in [0.1, 0.15) is 11.6 Å². The highest BCUT2D eigenvalue weighted by atomic mass is 19.1. The molecular formula is C12H16FNO2. The van der Waals surface area contributed by atoms with Gasteiger partial charge < -0.3 is 10.4 Å². The number of carbonyl (C=O) groups is 1. The first-order valence-corrected chi connectivity index (χ1v) is 5.34. The highest BCUT2D eigenvalue weighted by Gasteiger charge is 2.13. The molecule has 0 aliphatic rings. The molecule has 1 atom stereocenters. The van der Waals surface area contributed by atoms with Crippen molar-refractivity contribution >= 4 is 5.91 Å². The number of aromatic hydroxyl groups is 1. The zero-order valence-electron chi connectivity index (χ0n) is 9.46. The molecule has 1 aromatic rings. The molecule has 0 saturated heterocycles. The SMILES string of the molecule is CCCC(C)NC(=O)c1ccc(O)cc1F. The Balaban J connectivity index is 2.73. The van der Waals surface area contributed by atoms with Crippen LogP contribution in [-0.2, 0) is 0 Å². The van der Waals surface area contributed by atoms with Gasteiger partial charge in [-0.1, -0.05) is 13.3 Å². The van der Waals surface area contributed by atoms with Crippen molar-refractivity contribution in [3.8, 4) is 5.75 Å². The van der Waals surface area contributed by atoms with E-state index in [1.54, 1.807) is 0 Å². The van der Waals surface area contributed by atoms with E-state index in [0.717, 1.165) is 18.9 Å². The van der Waals surface area contributed by atoms with E-state index in [9.17, 15) is 9.18 Å². The Bertz CT molecular complexity index is 379. The van der Waals surface area contributed by atoms with Gasteiger partial charge in [0.25, 0.3) is 5.91 Å². The number of halogens is 1. The smallest absolute Gasteiger partial charge is 0.254 e. The summed E-state index contributed by atoms with van der Waals surface area (Å²) < 4.78 is 13.3. The van der Waals surface area contributed by atoms with E-state index in [1.165, 1.54) is 12.1 Å². The molecular weight excluding hydrogens is 209 g/mol. The van der Waals surface area contributed by atoms with E-state index in [4.69, 9.17) is 5.11 Å². The maximum absolute atomic E-state index is 13.3. The van der Waals surface area contributed by atoms with Gasteiger partial charge in [-0.05, 0) is 25.5 Å². The van der Waals surface area contributed by atoms with Gasteiger partial charge in [0.15, 0.2) is 0 Å². The van der Waals surface area contributed by atoms with E-state index in [-0.39, 0.29) is 17.4 Å². The molecule has 0 radical (unpaired) electrons. The summed E-state index contributed by atoms with van der Waals surface area (Å²) in [6.07, 6.45) is 1.81. The van der Waals surface area contributed by atoms with Crippen LogP contribution in [0.1, 0.15) is 37.0 Å². The fourth-order valence-corrected chi connectivity index (χ4v) is 1.49. The molecule has 0 aromatic heterocycles. The Labute approximate surface area is 94.3 Å². The average Bonchev–Trinajstić information content (AvgIpc) is 2.17. The van der Waals surface area contributed by atoms with Crippen molar-refractivity contribution in [3.05, 3.63) is 29.6 Å². The second-order valence-electron chi connectivity index (χ2n) is 3.83. The Morgan fingerprint density at radius 2 is 2.25 bits per heavy atom. The van der Waals surface area contributed by atoms with Crippen molar-refractivity contribution < 1.29 is 14.3 Å². The third-order valence-corrected chi connectivity index (χ3v) is 2.30. The summed E-state index contributed by atoms with van der Waals surface area (Å²) in [7, 11) is 0. The zero-order chi connectivity index (χ0) is 12.1. The van der Waals surface area contributed by atoms with Gasteiger partial charge in [-0.15, -0.1) is 0 Å². The fraction of sp³-hybridized carbons (Fsp3) is 0.417. The molecule has 1 aromatic carbocycles. The largest absolute Gasteiger partial charge is 0.508 e. The number of amides is 1. The number of rotatable bonds is 4. The minimum absolute atomic E-state index is 0.0192. The topological polar surface area (TPSA) is 49.3 Å². The first kappa shape index (κ1) is 12.5. The van der Waals surface area contributed by atoms with Crippen LogP contribution in [0.2, 0.25) is 0 Å². The molecule has 2 N–H and O–H groups in total. The molecule has 0 aliphatic heterocycles. The lowest BCUT2D eigenvalue weighted by Gasteiger charge is -2.13. The highest BCUT2D eigenvalue weighted by molar-refractivity contribution is 5.94. The van der Waals surface area contributed by atoms with E-state index in [2.05, 4.69) is 5.32 Å². The van der Waals surface area contributed by atoms with Gasteiger partial charge in [0, 0.05) is 12.1 Å². The molecule has 1 unspecified atom stereocenters. The molecule has 0 spiro atoms. The van der Waals surface area contributed by atoms with Gasteiger partial charge in [-0.25, -0.2) is 4.39 Å². The molecule has 0 aliphatic carbocycles. The van der Waals surface area contributed by atoms with Gasteiger partial charge in [-0.2, -0.15) is 0 Å². The van der Waals surface area contributed by atoms with Crippen molar-refractivity contribution in [1.29, 1.82) is 0 Å². The maximum Gasteiger partial charge on any atom is 0.254 e. The standard InChI is InChI=1S/C12H16FNO2/c1-3-4-8(2)14-12(16)10-6-5-9(15)7-11(10)13/h5-8,15H,3-4H2,1-2H3,(H,14,16). The van der Waals surface area contributed by atoms with E-state index < -0.39 is 11.7 Å². The Kier molecular flexibility index (Phi) is 4.28. The number of nitrogens with one attached hydrogen (secondary N) is 1. The number of benzene rings is 1. The normalized spacial score (nSPS) is 12.2. The monoisotopic (exact) mass is 225 g/mol. The lowest BCUT2D eigenvalue weighted by molar-refractivity contribution is 0.0934. The number of carbonyl (C=O) groups excluding carboxylic acids is 1. The molecule has 0 bridgehead atoms. The van der Waals surface area contributed by atoms with Gasteiger partial charge in [-0.3, -0.25) is 4.79 Å². The van der Waals surface area contributed by atoms with Crippen molar-refractivity contribution in [3.63, 3.8) is 0 Å². The van der Waals surface area contributed by atoms with Crippen LogP contribution >= 0.6 is 0 Å². The zero-order valence-corrected chi connectivity index (χ0v) is 9.46. The molecule has 0 fully saturated rings. The van der Waals surface area contributed by atoms with Crippen molar-refractivity contribution in [2.45, 2.75) is 32.7 Å². The second-order valence-corrected chi connectivity index (χ2v) is 3.83. The lowest BCUT2D eigenvalue weighted by Crippen LogP contribution is -2.32. The average molecular weight is 225 g/mol. The minimum Gasteiger partial charge on any atom is -0.508 e. The minimum atomic E-state index is -0.707. The molecule has 1 rings (SSSR count). The van der Waals surface area contributed by atoms with Crippen LogP contribution in [0, 0.1) is 5.82 Å². The van der Waals surface area contributed by atoms with Crippen LogP contribution in [0.15, 0.2) is 18.2 Å². The lowest BCUT2D eigenvalue weighted by atomic mass is 10.1. The number of phenols is 1. The second kappa shape index (κ2) is 5.49. The summed E-state index contributed by atoms with van der Waals surface area (Å²) in [6.45, 7) is 3.89. The molecule has 4 heteroatoms. The van der Waals surface area contributed by atoms with Crippen LogP contribution in [0.25, 0.3) is 0 Å². The van der Waals surface area contributed by atoms with Crippen LogP contribution in [-0.4, -0.2) is 17.1 Å². The van der Waals surface area contributed by atoms with E-state index in [0.29, 0.717) is 0 Å². The van der Waals surface area contributed by atoms with Crippen LogP contribution in [0.3, 0.4) is 0 Å². The summed E-state index contributed by atoms with van der Waals surface area (Å²) in [6, 6.07) is 3.52. The maximum atomic E-state index is 13.3. The predicted octanol–water partition coefficient (Wildman–Crippen LogP) is 2.45. The first-order valence-electron chi connectivity index (χ1n) is 5.34. The van der Waals surface area contributed by atoms with E-state index >= 15 is 0 Å². The molecule has 3 nitrogen and oxygen atoms in total. The molecule has 0 heterocycles. The Morgan fingerprint density at radius 1 is 1.56 bits per heavy atom. The highest BCUT2D eigenvalue weighted by Crippen LogP contribution is 2.15. The van der Waals surface area contributed by atoms with Crippen LogP contribution < -0.4 is 5.32 Å². The van der Waals surface area contributed by atoms with Crippen molar-refractivity contribution in [2.24, 2.45) is 0 Å². The number of hydrogen-bond acceptors (Lipinski definition) is 2. The summed E-state index contributed by atoms with van der Waals surface area (Å²) in [4.78, 5) is 11.6. The molecule has 0 saturated carbocycles. The summed E-state index contributed by atoms with van der Waals surface area (Å²) in [5.41, 5.74) is -0.0410. The first-order chi connectivity index (χ1) is 7.54. The summed E-state index contributed by atoms with van der Waals surface area (Å²) in [5.74, 6) is -1.34. The summed E-state index contributed by atoms with van der Waals surface area (Å²) >= 11 is 0. The van der Waals surface area contributed by atoms with Gasteiger partial charge in [0.2, 0.25) is 0 Å². The van der Waals surface area contributed by atoms with Crippen molar-refractivity contribution in [2.75, 3.05) is 0 Å². The molecule has 1 amide bonds. The van der Waals surface area contributed by atoms with Gasteiger partial charge >= 0.3 is 0 Å². The van der Waals surface area contributed by atoms with Crippen LogP contribution in [0.5, 0.6) is 5.75 Å². The third kappa shape index (κ3) is 3.22. The third-order valence-electron chi connectivity index (χ3n) is 2.30. The predicted molar refractivity (Wildman–Crippen MR) is 59.9 cm³/mol. The summed E-state index contributed by atoms with van der Waals surface area (Å²) in [5, 5.41) is 11.7. The fourth-order valence-electron chi connectivity index (χ4n) is 1.49. The molecule has 16 heavy (non-hydrogen) atoms.